The maximum Gasteiger partial charge on any atom is 0.255 e. The first-order valence-electron chi connectivity index (χ1n) is 7.75. The molecule has 0 unspecified atom stereocenters. The fourth-order valence-electron chi connectivity index (χ4n) is 2.27. The fraction of sp³-hybridized carbons (Fsp3) is 0. The van der Waals surface area contributed by atoms with Crippen LogP contribution in [0.5, 0.6) is 0 Å². The van der Waals surface area contributed by atoms with Gasteiger partial charge in [0, 0.05) is 32.0 Å². The number of hydrogen-bond acceptors (Lipinski definition) is 2. The summed E-state index contributed by atoms with van der Waals surface area (Å²) >= 11 is 9.23. The van der Waals surface area contributed by atoms with Crippen molar-refractivity contribution in [2.45, 2.75) is 0 Å². The molecule has 0 bridgehead atoms. The predicted molar refractivity (Wildman–Crippen MR) is 108 cm³/mol. The smallest absolute Gasteiger partial charge is 0.255 e. The number of carbonyl (C=O) groups excluding carboxylic acids is 2. The monoisotopic (exact) mass is 428 g/mol. The number of rotatable bonds is 4. The van der Waals surface area contributed by atoms with E-state index in [1.807, 2.05) is 12.1 Å². The van der Waals surface area contributed by atoms with Gasteiger partial charge in [0.15, 0.2) is 0 Å². The van der Waals surface area contributed by atoms with E-state index in [2.05, 4.69) is 26.6 Å². The highest BCUT2D eigenvalue weighted by Crippen LogP contribution is 2.17. The molecule has 0 saturated heterocycles. The molecule has 2 N–H and O–H groups in total. The molecule has 0 fully saturated rings. The van der Waals surface area contributed by atoms with E-state index in [0.717, 1.165) is 4.47 Å². The minimum Gasteiger partial charge on any atom is -0.322 e. The van der Waals surface area contributed by atoms with E-state index in [9.17, 15) is 9.59 Å². The Hall–Kier alpha value is -2.63. The molecule has 6 heteroatoms. The van der Waals surface area contributed by atoms with Gasteiger partial charge in [-0.1, -0.05) is 33.6 Å². The number of halogens is 2. The normalized spacial score (nSPS) is 10.2. The van der Waals surface area contributed by atoms with Crippen molar-refractivity contribution in [3.63, 3.8) is 0 Å². The summed E-state index contributed by atoms with van der Waals surface area (Å²) in [6.45, 7) is 0. The minimum absolute atomic E-state index is 0.201. The van der Waals surface area contributed by atoms with E-state index in [1.54, 1.807) is 60.7 Å². The Labute approximate surface area is 164 Å². The van der Waals surface area contributed by atoms with Crippen molar-refractivity contribution in [2.75, 3.05) is 10.6 Å². The summed E-state index contributed by atoms with van der Waals surface area (Å²) in [5, 5.41) is 6.10. The third-order valence-corrected chi connectivity index (χ3v) is 4.36. The van der Waals surface area contributed by atoms with Gasteiger partial charge >= 0.3 is 0 Å². The summed E-state index contributed by atoms with van der Waals surface area (Å²) in [6.07, 6.45) is 0. The van der Waals surface area contributed by atoms with Crippen molar-refractivity contribution in [2.24, 2.45) is 0 Å². The summed E-state index contributed by atoms with van der Waals surface area (Å²) in [5.74, 6) is -0.452. The maximum absolute atomic E-state index is 12.2. The van der Waals surface area contributed by atoms with Crippen LogP contribution >= 0.6 is 27.5 Å². The van der Waals surface area contributed by atoms with Gasteiger partial charge in [0.25, 0.3) is 11.8 Å². The molecule has 3 rings (SSSR count). The number of benzene rings is 3. The second-order valence-corrected chi connectivity index (χ2v) is 6.85. The van der Waals surface area contributed by atoms with Crippen LogP contribution in [0.4, 0.5) is 11.4 Å². The topological polar surface area (TPSA) is 58.2 Å². The van der Waals surface area contributed by atoms with Gasteiger partial charge in [-0.15, -0.1) is 0 Å². The van der Waals surface area contributed by atoms with Gasteiger partial charge in [-0.3, -0.25) is 9.59 Å². The summed E-state index contributed by atoms with van der Waals surface area (Å²) < 4.78 is 0.911. The third-order valence-electron chi connectivity index (χ3n) is 3.59. The number of amides is 2. The molecule has 0 radical (unpaired) electrons. The van der Waals surface area contributed by atoms with E-state index in [-0.39, 0.29) is 11.8 Å². The van der Waals surface area contributed by atoms with Crippen molar-refractivity contribution in [1.29, 1.82) is 0 Å². The maximum atomic E-state index is 12.2. The summed E-state index contributed by atoms with van der Waals surface area (Å²) in [5.41, 5.74) is 2.30. The molecular weight excluding hydrogens is 416 g/mol. The number of anilines is 2. The van der Waals surface area contributed by atoms with Crippen LogP contribution in [0.15, 0.2) is 77.3 Å². The van der Waals surface area contributed by atoms with Crippen LogP contribution < -0.4 is 10.6 Å². The lowest BCUT2D eigenvalue weighted by Gasteiger charge is -2.08. The van der Waals surface area contributed by atoms with Crippen LogP contribution in [0.3, 0.4) is 0 Å². The Morgan fingerprint density at radius 2 is 1.27 bits per heavy atom. The molecular formula is C20H14BrClN2O2. The molecule has 130 valence electrons. The summed E-state index contributed by atoms with van der Waals surface area (Å²) in [6, 6.07) is 20.7. The van der Waals surface area contributed by atoms with E-state index < -0.39 is 0 Å². The molecule has 0 saturated carbocycles. The molecule has 26 heavy (non-hydrogen) atoms. The first-order valence-corrected chi connectivity index (χ1v) is 8.92. The molecule has 0 aliphatic heterocycles. The number of carbonyl (C=O) groups is 2. The van der Waals surface area contributed by atoms with Crippen LogP contribution in [0.1, 0.15) is 20.7 Å². The Morgan fingerprint density at radius 3 is 1.81 bits per heavy atom. The fourth-order valence-corrected chi connectivity index (χ4v) is 2.73. The van der Waals surface area contributed by atoms with Crippen molar-refractivity contribution in [3.05, 3.63) is 93.4 Å². The lowest BCUT2D eigenvalue weighted by atomic mass is 10.2. The van der Waals surface area contributed by atoms with Crippen LogP contribution in [-0.4, -0.2) is 11.8 Å². The molecule has 3 aromatic carbocycles. The lowest BCUT2D eigenvalue weighted by molar-refractivity contribution is 0.101. The van der Waals surface area contributed by atoms with Gasteiger partial charge in [0.2, 0.25) is 0 Å². The van der Waals surface area contributed by atoms with Gasteiger partial charge in [0.1, 0.15) is 0 Å². The second-order valence-electron chi connectivity index (χ2n) is 5.50. The van der Waals surface area contributed by atoms with E-state index in [1.165, 1.54) is 0 Å². The Balaban J connectivity index is 1.64. The molecule has 0 aromatic heterocycles. The Morgan fingerprint density at radius 1 is 0.731 bits per heavy atom. The summed E-state index contributed by atoms with van der Waals surface area (Å²) in [7, 11) is 0. The highest BCUT2D eigenvalue weighted by molar-refractivity contribution is 9.10. The predicted octanol–water partition coefficient (Wildman–Crippen LogP) is 5.61. The van der Waals surface area contributed by atoms with Gasteiger partial charge < -0.3 is 10.6 Å². The van der Waals surface area contributed by atoms with E-state index >= 15 is 0 Å². The van der Waals surface area contributed by atoms with Crippen molar-refractivity contribution < 1.29 is 9.59 Å². The molecule has 3 aromatic rings. The minimum atomic E-state index is -0.251. The van der Waals surface area contributed by atoms with Crippen molar-refractivity contribution in [3.8, 4) is 0 Å². The standard InChI is InChI=1S/C20H14BrClN2O2/c21-15-6-4-13(5-7-15)19(25)23-17-8-10-18(11-9-17)24-20(26)14-2-1-3-16(22)12-14/h1-12H,(H,23,25)(H,24,26). The molecule has 4 nitrogen and oxygen atoms in total. The number of hydrogen-bond donors (Lipinski definition) is 2. The van der Waals surface area contributed by atoms with Gasteiger partial charge in [0.05, 0.1) is 0 Å². The van der Waals surface area contributed by atoms with Crippen LogP contribution in [-0.2, 0) is 0 Å². The zero-order valence-electron chi connectivity index (χ0n) is 13.5. The highest BCUT2D eigenvalue weighted by Gasteiger charge is 2.08. The molecule has 0 aliphatic carbocycles. The SMILES string of the molecule is O=C(Nc1ccc(NC(=O)c2cccc(Cl)c2)cc1)c1ccc(Br)cc1. The lowest BCUT2D eigenvalue weighted by Crippen LogP contribution is -2.13. The third kappa shape index (κ3) is 4.71. The average Bonchev–Trinajstić information content (AvgIpc) is 2.64. The quantitative estimate of drug-likeness (QED) is 0.566. The van der Waals surface area contributed by atoms with Crippen LogP contribution in [0, 0.1) is 0 Å². The zero-order chi connectivity index (χ0) is 18.5. The second kappa shape index (κ2) is 8.17. The summed E-state index contributed by atoms with van der Waals surface area (Å²) in [4.78, 5) is 24.4. The van der Waals surface area contributed by atoms with E-state index in [0.29, 0.717) is 27.5 Å². The zero-order valence-corrected chi connectivity index (χ0v) is 15.8. The van der Waals surface area contributed by atoms with Crippen molar-refractivity contribution in [1.82, 2.24) is 0 Å². The molecule has 0 heterocycles. The van der Waals surface area contributed by atoms with Crippen molar-refractivity contribution >= 4 is 50.7 Å². The van der Waals surface area contributed by atoms with Gasteiger partial charge in [-0.05, 0) is 66.7 Å². The average molecular weight is 430 g/mol. The Kier molecular flexibility index (Phi) is 5.71. The Bertz CT molecular complexity index is 941. The largest absolute Gasteiger partial charge is 0.322 e. The molecule has 0 atom stereocenters. The van der Waals surface area contributed by atoms with Crippen LogP contribution in [0.2, 0.25) is 5.02 Å². The molecule has 0 spiro atoms. The molecule has 2 amide bonds. The molecule has 0 aliphatic rings. The number of nitrogens with one attached hydrogen (secondary N) is 2. The van der Waals surface area contributed by atoms with Crippen LogP contribution in [0.25, 0.3) is 0 Å². The van der Waals surface area contributed by atoms with E-state index in [4.69, 9.17) is 11.6 Å². The van der Waals surface area contributed by atoms with Gasteiger partial charge in [-0.25, -0.2) is 0 Å². The highest BCUT2D eigenvalue weighted by atomic mass is 79.9. The van der Waals surface area contributed by atoms with Gasteiger partial charge in [-0.2, -0.15) is 0 Å². The first kappa shape index (κ1) is 18.2. The first-order chi connectivity index (χ1) is 12.5.